The first kappa shape index (κ1) is 20.4. The van der Waals surface area contributed by atoms with Crippen molar-refractivity contribution in [3.63, 3.8) is 0 Å². The van der Waals surface area contributed by atoms with Crippen LogP contribution in [0.5, 0.6) is 5.75 Å². The van der Waals surface area contributed by atoms with Gasteiger partial charge >= 0.3 is 0 Å². The minimum atomic E-state index is -0.882. The van der Waals surface area contributed by atoms with Crippen molar-refractivity contribution in [1.82, 2.24) is 5.32 Å². The predicted molar refractivity (Wildman–Crippen MR) is 103 cm³/mol. The molecule has 2 aromatic carbocycles. The van der Waals surface area contributed by atoms with E-state index in [9.17, 15) is 14.0 Å². The van der Waals surface area contributed by atoms with E-state index in [1.54, 1.807) is 43.3 Å². The number of carbonyl (C=O) groups is 2. The molecule has 0 unspecified atom stereocenters. The molecule has 0 radical (unpaired) electrons. The van der Waals surface area contributed by atoms with Crippen molar-refractivity contribution in [1.29, 1.82) is 0 Å². The van der Waals surface area contributed by atoms with Crippen molar-refractivity contribution in [2.24, 2.45) is 0 Å². The Morgan fingerprint density at radius 3 is 2.37 bits per heavy atom. The van der Waals surface area contributed by atoms with Crippen LogP contribution in [0.3, 0.4) is 0 Å². The molecule has 5 nitrogen and oxygen atoms in total. The van der Waals surface area contributed by atoms with E-state index < -0.39 is 17.8 Å². The molecule has 27 heavy (non-hydrogen) atoms. The molecular weight excluding hydrogens is 347 g/mol. The van der Waals surface area contributed by atoms with Crippen LogP contribution in [-0.4, -0.2) is 24.0 Å². The number of ether oxygens (including phenoxy) is 1. The van der Waals surface area contributed by atoms with E-state index in [2.05, 4.69) is 10.6 Å². The highest BCUT2D eigenvalue weighted by Gasteiger charge is 2.22. The minimum absolute atomic E-state index is 0.0160. The first-order valence-electron chi connectivity index (χ1n) is 9.08. The number of halogens is 1. The summed E-state index contributed by atoms with van der Waals surface area (Å²) in [6, 6.07) is 12.7. The summed E-state index contributed by atoms with van der Waals surface area (Å²) in [5.74, 6) is -1.22. The molecule has 0 saturated heterocycles. The van der Waals surface area contributed by atoms with Crippen molar-refractivity contribution in [3.05, 3.63) is 59.9 Å². The summed E-state index contributed by atoms with van der Waals surface area (Å²) in [6.45, 7) is 5.66. The second-order valence-electron chi connectivity index (χ2n) is 6.26. The Kier molecular flexibility index (Phi) is 7.34. The van der Waals surface area contributed by atoms with E-state index in [1.807, 2.05) is 13.8 Å². The molecule has 2 atom stereocenters. The highest BCUT2D eigenvalue weighted by molar-refractivity contribution is 6.04. The molecule has 0 bridgehead atoms. The number of benzene rings is 2. The average molecular weight is 372 g/mol. The van der Waals surface area contributed by atoms with Gasteiger partial charge in [-0.15, -0.1) is 0 Å². The van der Waals surface area contributed by atoms with E-state index in [4.69, 9.17) is 4.74 Å². The zero-order valence-electron chi connectivity index (χ0n) is 15.8. The molecule has 0 saturated carbocycles. The van der Waals surface area contributed by atoms with Crippen LogP contribution in [0, 0.1) is 5.82 Å². The maximum Gasteiger partial charge on any atom is 0.265 e. The maximum atomic E-state index is 13.8. The summed E-state index contributed by atoms with van der Waals surface area (Å²) in [6.07, 6.45) is 0.267. The van der Waals surface area contributed by atoms with Crippen LogP contribution in [0.4, 0.5) is 10.1 Å². The zero-order chi connectivity index (χ0) is 19.8. The first-order valence-corrected chi connectivity index (χ1v) is 9.08. The molecule has 2 rings (SSSR count). The van der Waals surface area contributed by atoms with Crippen molar-refractivity contribution in [2.75, 3.05) is 5.32 Å². The summed E-state index contributed by atoms with van der Waals surface area (Å²) < 4.78 is 19.3. The van der Waals surface area contributed by atoms with Gasteiger partial charge in [-0.3, -0.25) is 9.59 Å². The second kappa shape index (κ2) is 9.71. The predicted octanol–water partition coefficient (Wildman–Crippen LogP) is 4.15. The number of para-hydroxylation sites is 2. The van der Waals surface area contributed by atoms with Gasteiger partial charge in [0.2, 0.25) is 0 Å². The molecule has 0 aromatic heterocycles. The SMILES string of the molecule is CC[C@@H](C)NC(=O)c1ccccc1NC(=O)[C@@H](CC)Oc1ccccc1F. The summed E-state index contributed by atoms with van der Waals surface area (Å²) in [7, 11) is 0. The largest absolute Gasteiger partial charge is 0.478 e. The molecule has 0 spiro atoms. The Bertz CT molecular complexity index is 795. The first-order chi connectivity index (χ1) is 13.0. The number of hydrogen-bond donors (Lipinski definition) is 2. The van der Waals surface area contributed by atoms with Crippen LogP contribution < -0.4 is 15.4 Å². The van der Waals surface area contributed by atoms with Gasteiger partial charge in [0, 0.05) is 6.04 Å². The Morgan fingerprint density at radius 1 is 1.04 bits per heavy atom. The lowest BCUT2D eigenvalue weighted by molar-refractivity contribution is -0.122. The molecule has 0 aliphatic heterocycles. The number of hydrogen-bond acceptors (Lipinski definition) is 3. The Labute approximate surface area is 158 Å². The topological polar surface area (TPSA) is 67.4 Å². The molecule has 6 heteroatoms. The van der Waals surface area contributed by atoms with Crippen LogP contribution in [0.25, 0.3) is 0 Å². The van der Waals surface area contributed by atoms with Gasteiger partial charge in [-0.1, -0.05) is 38.1 Å². The molecule has 0 heterocycles. The summed E-state index contributed by atoms with van der Waals surface area (Å²) >= 11 is 0. The molecule has 0 fully saturated rings. The van der Waals surface area contributed by atoms with Gasteiger partial charge in [-0.2, -0.15) is 0 Å². The fourth-order valence-electron chi connectivity index (χ4n) is 2.42. The number of nitrogens with one attached hydrogen (secondary N) is 2. The third-order valence-corrected chi connectivity index (χ3v) is 4.19. The van der Waals surface area contributed by atoms with Crippen molar-refractivity contribution in [2.45, 2.75) is 45.8 Å². The fourth-order valence-corrected chi connectivity index (χ4v) is 2.42. The van der Waals surface area contributed by atoms with Gasteiger partial charge in [0.15, 0.2) is 17.7 Å². The van der Waals surface area contributed by atoms with E-state index in [0.29, 0.717) is 17.7 Å². The van der Waals surface area contributed by atoms with Gasteiger partial charge in [-0.25, -0.2) is 4.39 Å². The molecule has 2 aromatic rings. The summed E-state index contributed by atoms with van der Waals surface area (Å²) in [4.78, 5) is 25.1. The van der Waals surface area contributed by atoms with Crippen molar-refractivity contribution < 1.29 is 18.7 Å². The molecule has 2 N–H and O–H groups in total. The smallest absolute Gasteiger partial charge is 0.265 e. The minimum Gasteiger partial charge on any atom is -0.478 e. The van der Waals surface area contributed by atoms with Gasteiger partial charge in [0.25, 0.3) is 11.8 Å². The normalized spacial score (nSPS) is 12.7. The average Bonchev–Trinajstić information content (AvgIpc) is 2.67. The number of anilines is 1. The third kappa shape index (κ3) is 5.54. The maximum absolute atomic E-state index is 13.8. The zero-order valence-corrected chi connectivity index (χ0v) is 15.8. The fraction of sp³-hybridized carbons (Fsp3) is 0.333. The van der Waals surface area contributed by atoms with Crippen molar-refractivity contribution in [3.8, 4) is 5.75 Å². The summed E-state index contributed by atoms with van der Waals surface area (Å²) in [5, 5.41) is 5.61. The number of carbonyl (C=O) groups excluding carboxylic acids is 2. The van der Waals surface area contributed by atoms with Gasteiger partial charge < -0.3 is 15.4 Å². The van der Waals surface area contributed by atoms with E-state index in [-0.39, 0.29) is 17.7 Å². The molecule has 0 aliphatic carbocycles. The van der Waals surface area contributed by atoms with E-state index >= 15 is 0 Å². The Hall–Kier alpha value is -2.89. The monoisotopic (exact) mass is 372 g/mol. The van der Waals surface area contributed by atoms with Crippen LogP contribution >= 0.6 is 0 Å². The van der Waals surface area contributed by atoms with Crippen LogP contribution in [0.2, 0.25) is 0 Å². The van der Waals surface area contributed by atoms with Gasteiger partial charge in [0.05, 0.1) is 11.3 Å². The van der Waals surface area contributed by atoms with Gasteiger partial charge in [0.1, 0.15) is 0 Å². The highest BCUT2D eigenvalue weighted by Crippen LogP contribution is 2.20. The summed E-state index contributed by atoms with van der Waals surface area (Å²) in [5.41, 5.74) is 0.755. The Morgan fingerprint density at radius 2 is 1.70 bits per heavy atom. The number of amides is 2. The van der Waals surface area contributed by atoms with E-state index in [1.165, 1.54) is 12.1 Å². The lowest BCUT2D eigenvalue weighted by atomic mass is 10.1. The second-order valence-corrected chi connectivity index (χ2v) is 6.26. The highest BCUT2D eigenvalue weighted by atomic mass is 19.1. The lowest BCUT2D eigenvalue weighted by Gasteiger charge is -2.19. The Balaban J connectivity index is 2.14. The third-order valence-electron chi connectivity index (χ3n) is 4.19. The van der Waals surface area contributed by atoms with Crippen LogP contribution in [0.15, 0.2) is 48.5 Å². The van der Waals surface area contributed by atoms with Crippen LogP contribution in [0.1, 0.15) is 44.0 Å². The number of rotatable bonds is 8. The van der Waals surface area contributed by atoms with E-state index in [0.717, 1.165) is 6.42 Å². The molecule has 2 amide bonds. The molecule has 144 valence electrons. The van der Waals surface area contributed by atoms with Gasteiger partial charge in [-0.05, 0) is 44.0 Å². The molecule has 0 aliphatic rings. The van der Waals surface area contributed by atoms with Crippen LogP contribution in [-0.2, 0) is 4.79 Å². The lowest BCUT2D eigenvalue weighted by Crippen LogP contribution is -2.35. The standard InChI is InChI=1S/C21H25FN2O3/c1-4-14(3)23-20(25)15-10-6-8-12-17(15)24-21(26)18(5-2)27-19-13-9-7-11-16(19)22/h6-14,18H,4-5H2,1-3H3,(H,23,25)(H,24,26)/t14-,18-/m1/s1. The molecular formula is C21H25FN2O3. The van der Waals surface area contributed by atoms with Crippen molar-refractivity contribution >= 4 is 17.5 Å². The quantitative estimate of drug-likeness (QED) is 0.731.